The quantitative estimate of drug-likeness (QED) is 0.553. The van der Waals surface area contributed by atoms with Gasteiger partial charge in [0.25, 0.3) is 11.8 Å². The topological polar surface area (TPSA) is 75.4 Å². The zero-order valence-electron chi connectivity index (χ0n) is 16.3. The van der Waals surface area contributed by atoms with E-state index in [9.17, 15) is 18.0 Å². The summed E-state index contributed by atoms with van der Waals surface area (Å²) in [5, 5.41) is 6.80. The highest BCUT2D eigenvalue weighted by Gasteiger charge is 2.50. The summed E-state index contributed by atoms with van der Waals surface area (Å²) in [6, 6.07) is 8.31. The first-order chi connectivity index (χ1) is 14.7. The molecule has 7 nitrogen and oxygen atoms in total. The number of carbonyl (C=O) groups excluding carboxylic acids is 1. The standard InChI is InChI=1S/C20H17F4N5O2/c1-28-10-20(24,11-28)19(30)29(15-4-2-3-13(21)7-15)9-14-6-5-12(8-25-14)17-26-27-18(31-17)16(22)23/h2-8,16H,9-11H2,1H3. The molecule has 2 aromatic heterocycles. The van der Waals surface area contributed by atoms with Crippen molar-refractivity contribution >= 4 is 11.6 Å². The van der Waals surface area contributed by atoms with E-state index >= 15 is 4.39 Å². The van der Waals surface area contributed by atoms with E-state index in [-0.39, 0.29) is 31.2 Å². The molecule has 1 amide bonds. The molecule has 4 rings (SSSR count). The van der Waals surface area contributed by atoms with Crippen LogP contribution in [0.3, 0.4) is 0 Å². The molecule has 3 heterocycles. The van der Waals surface area contributed by atoms with Crippen LogP contribution in [0, 0.1) is 5.82 Å². The van der Waals surface area contributed by atoms with Crippen LogP contribution in [-0.2, 0) is 11.3 Å². The van der Waals surface area contributed by atoms with Crippen LogP contribution in [0.2, 0.25) is 0 Å². The van der Waals surface area contributed by atoms with Gasteiger partial charge in [0.1, 0.15) is 5.82 Å². The third-order valence-corrected chi connectivity index (χ3v) is 4.81. The van der Waals surface area contributed by atoms with Crippen molar-refractivity contribution in [2.24, 2.45) is 0 Å². The molecule has 0 unspecified atom stereocenters. The van der Waals surface area contributed by atoms with Gasteiger partial charge in [-0.1, -0.05) is 6.07 Å². The Morgan fingerprint density at radius 2 is 2.03 bits per heavy atom. The second-order valence-electron chi connectivity index (χ2n) is 7.29. The number of hydrogen-bond acceptors (Lipinski definition) is 6. The summed E-state index contributed by atoms with van der Waals surface area (Å²) in [6.07, 6.45) is -1.58. The molecule has 0 atom stereocenters. The molecule has 162 valence electrons. The predicted octanol–water partition coefficient (Wildman–Crippen LogP) is 3.40. The van der Waals surface area contributed by atoms with Crippen molar-refractivity contribution in [1.82, 2.24) is 20.1 Å². The summed E-state index contributed by atoms with van der Waals surface area (Å²) in [4.78, 5) is 19.9. The van der Waals surface area contributed by atoms with Gasteiger partial charge in [0.05, 0.1) is 17.8 Å². The Balaban J connectivity index is 1.58. The Morgan fingerprint density at radius 3 is 2.61 bits per heavy atom. The summed E-state index contributed by atoms with van der Waals surface area (Å²) in [6.45, 7) is -0.245. The lowest BCUT2D eigenvalue weighted by atomic mass is 9.95. The number of rotatable bonds is 6. The molecular weight excluding hydrogens is 418 g/mol. The summed E-state index contributed by atoms with van der Waals surface area (Å²) in [5.74, 6) is -2.29. The maximum absolute atomic E-state index is 15.0. The van der Waals surface area contributed by atoms with E-state index in [1.54, 1.807) is 11.9 Å². The zero-order chi connectivity index (χ0) is 22.2. The van der Waals surface area contributed by atoms with Crippen LogP contribution in [0.15, 0.2) is 47.0 Å². The molecule has 0 spiro atoms. The molecule has 0 saturated carbocycles. The third-order valence-electron chi connectivity index (χ3n) is 4.81. The van der Waals surface area contributed by atoms with E-state index in [2.05, 4.69) is 15.2 Å². The summed E-state index contributed by atoms with van der Waals surface area (Å²) in [5.41, 5.74) is -1.21. The van der Waals surface area contributed by atoms with Gasteiger partial charge < -0.3 is 9.32 Å². The molecule has 0 radical (unpaired) electrons. The maximum Gasteiger partial charge on any atom is 0.314 e. The minimum absolute atomic E-state index is 0.0619. The number of amides is 1. The van der Waals surface area contributed by atoms with Crippen LogP contribution in [0.1, 0.15) is 18.0 Å². The molecular formula is C20H17F4N5O2. The number of nitrogens with zero attached hydrogens (tertiary/aromatic N) is 5. The first-order valence-electron chi connectivity index (χ1n) is 9.27. The maximum atomic E-state index is 15.0. The monoisotopic (exact) mass is 435 g/mol. The second kappa shape index (κ2) is 8.06. The van der Waals surface area contributed by atoms with Crippen molar-refractivity contribution in [2.45, 2.75) is 18.6 Å². The van der Waals surface area contributed by atoms with Gasteiger partial charge in [-0.25, -0.2) is 8.78 Å². The van der Waals surface area contributed by atoms with Crippen LogP contribution in [0.4, 0.5) is 23.2 Å². The lowest BCUT2D eigenvalue weighted by Gasteiger charge is -2.43. The van der Waals surface area contributed by atoms with Gasteiger partial charge in [0.2, 0.25) is 11.6 Å². The molecule has 0 N–H and O–H groups in total. The Morgan fingerprint density at radius 1 is 1.26 bits per heavy atom. The van der Waals surface area contributed by atoms with Crippen molar-refractivity contribution in [2.75, 3.05) is 25.0 Å². The van der Waals surface area contributed by atoms with Crippen LogP contribution < -0.4 is 4.90 Å². The zero-order valence-corrected chi connectivity index (χ0v) is 16.3. The fraction of sp³-hybridized carbons (Fsp3) is 0.300. The van der Waals surface area contributed by atoms with Gasteiger partial charge in [-0.05, 0) is 37.4 Å². The minimum atomic E-state index is -2.89. The number of hydrogen-bond donors (Lipinski definition) is 0. The normalized spacial score (nSPS) is 15.7. The molecule has 1 fully saturated rings. The predicted molar refractivity (Wildman–Crippen MR) is 101 cm³/mol. The van der Waals surface area contributed by atoms with Gasteiger partial charge in [-0.3, -0.25) is 14.7 Å². The summed E-state index contributed by atoms with van der Waals surface area (Å²) >= 11 is 0. The van der Waals surface area contributed by atoms with E-state index < -0.39 is 29.7 Å². The molecule has 1 aromatic carbocycles. The van der Waals surface area contributed by atoms with E-state index in [0.717, 1.165) is 11.0 Å². The van der Waals surface area contributed by atoms with Crippen LogP contribution >= 0.6 is 0 Å². The van der Waals surface area contributed by atoms with E-state index in [0.29, 0.717) is 11.3 Å². The Labute approximate surface area is 174 Å². The summed E-state index contributed by atoms with van der Waals surface area (Å²) in [7, 11) is 1.69. The second-order valence-corrected chi connectivity index (χ2v) is 7.29. The number of pyridine rings is 1. The third kappa shape index (κ3) is 4.26. The Hall–Kier alpha value is -3.34. The van der Waals surface area contributed by atoms with Crippen molar-refractivity contribution in [1.29, 1.82) is 0 Å². The average Bonchev–Trinajstić information content (AvgIpc) is 3.21. The van der Waals surface area contributed by atoms with Crippen LogP contribution in [-0.4, -0.2) is 51.8 Å². The van der Waals surface area contributed by atoms with E-state index in [1.165, 1.54) is 36.5 Å². The molecule has 3 aromatic rings. The van der Waals surface area contributed by atoms with Crippen molar-refractivity contribution in [3.63, 3.8) is 0 Å². The highest BCUT2D eigenvalue weighted by molar-refractivity contribution is 6.00. The average molecular weight is 435 g/mol. The lowest BCUT2D eigenvalue weighted by Crippen LogP contribution is -2.65. The highest BCUT2D eigenvalue weighted by Crippen LogP contribution is 2.30. The van der Waals surface area contributed by atoms with Gasteiger partial charge in [0.15, 0.2) is 0 Å². The fourth-order valence-electron chi connectivity index (χ4n) is 3.36. The number of likely N-dealkylation sites (tertiary alicyclic amines) is 1. The number of anilines is 1. The lowest BCUT2D eigenvalue weighted by molar-refractivity contribution is -0.140. The Kier molecular flexibility index (Phi) is 5.44. The molecule has 0 bridgehead atoms. The molecule has 31 heavy (non-hydrogen) atoms. The van der Waals surface area contributed by atoms with Crippen molar-refractivity contribution < 1.29 is 26.8 Å². The number of aromatic nitrogens is 3. The van der Waals surface area contributed by atoms with Crippen LogP contribution in [0.25, 0.3) is 11.5 Å². The van der Waals surface area contributed by atoms with Gasteiger partial charge in [0, 0.05) is 25.0 Å². The largest absolute Gasteiger partial charge is 0.415 e. The fourth-order valence-corrected chi connectivity index (χ4v) is 3.36. The van der Waals surface area contributed by atoms with Crippen LogP contribution in [0.5, 0.6) is 0 Å². The minimum Gasteiger partial charge on any atom is -0.415 e. The first-order valence-corrected chi connectivity index (χ1v) is 9.27. The SMILES string of the molecule is CN1CC(F)(C(=O)N(Cc2ccc(-c3nnc(C(F)F)o3)cn2)c2cccc(F)c2)C1. The van der Waals surface area contributed by atoms with Crippen molar-refractivity contribution in [3.8, 4) is 11.5 Å². The summed E-state index contributed by atoms with van der Waals surface area (Å²) < 4.78 is 58.9. The van der Waals surface area contributed by atoms with Crippen molar-refractivity contribution in [3.05, 3.63) is 60.0 Å². The molecule has 1 aliphatic rings. The molecule has 0 aliphatic carbocycles. The number of halogens is 4. The first kappa shape index (κ1) is 20.9. The molecule has 1 saturated heterocycles. The number of benzene rings is 1. The highest BCUT2D eigenvalue weighted by atomic mass is 19.3. The smallest absolute Gasteiger partial charge is 0.314 e. The molecule has 11 heteroatoms. The molecule has 1 aliphatic heterocycles. The van der Waals surface area contributed by atoms with Gasteiger partial charge in [-0.2, -0.15) is 8.78 Å². The number of carbonyl (C=O) groups is 1. The van der Waals surface area contributed by atoms with E-state index in [4.69, 9.17) is 4.42 Å². The van der Waals surface area contributed by atoms with Gasteiger partial charge in [-0.15, -0.1) is 10.2 Å². The number of alkyl halides is 3. The van der Waals surface area contributed by atoms with E-state index in [1.807, 2.05) is 0 Å². The Bertz CT molecular complexity index is 1080. The van der Waals surface area contributed by atoms with Gasteiger partial charge >= 0.3 is 6.43 Å².